The molecule has 0 unspecified atom stereocenters. The Morgan fingerprint density at radius 3 is 2.55 bits per heavy atom. The number of pyridine rings is 1. The first-order chi connectivity index (χ1) is 22.6. The van der Waals surface area contributed by atoms with Crippen molar-refractivity contribution >= 4 is 56.1 Å². The normalized spacial score (nSPS) is 12.6. The second kappa shape index (κ2) is 14.4. The first-order valence-electron chi connectivity index (χ1n) is 15.1. The van der Waals surface area contributed by atoms with Gasteiger partial charge in [-0.1, -0.05) is 42.5 Å². The molecular weight excluding hydrogens is 622 g/mol. The molecule has 0 radical (unpaired) electrons. The zero-order chi connectivity index (χ0) is 33.6. The summed E-state index contributed by atoms with van der Waals surface area (Å²) in [6.07, 6.45) is 2.80. The molecule has 13 heteroatoms. The molecule has 0 fully saturated rings. The van der Waals surface area contributed by atoms with E-state index in [1.54, 1.807) is 78.6 Å². The minimum atomic E-state index is -4.26. The number of anilines is 2. The third-order valence-electron chi connectivity index (χ3n) is 7.80. The van der Waals surface area contributed by atoms with Crippen LogP contribution >= 0.6 is 0 Å². The molecule has 244 valence electrons. The number of methoxy groups -OCH3 is 1. The number of esters is 1. The van der Waals surface area contributed by atoms with Crippen LogP contribution in [-0.4, -0.2) is 64.0 Å². The highest BCUT2D eigenvalue weighted by Gasteiger charge is 2.31. The van der Waals surface area contributed by atoms with E-state index in [9.17, 15) is 22.8 Å². The van der Waals surface area contributed by atoms with Gasteiger partial charge in [0, 0.05) is 35.8 Å². The number of amides is 2. The molecule has 12 nitrogen and oxygen atoms in total. The molecule has 1 aromatic heterocycles. The van der Waals surface area contributed by atoms with Gasteiger partial charge in [-0.15, -0.1) is 0 Å². The highest BCUT2D eigenvalue weighted by atomic mass is 32.2. The number of alkyl carbamates (subject to hydrolysis) is 1. The predicted octanol–water partition coefficient (Wildman–Crippen LogP) is 4.59. The van der Waals surface area contributed by atoms with Crippen LogP contribution in [0.1, 0.15) is 36.5 Å². The molecule has 0 bridgehead atoms. The van der Waals surface area contributed by atoms with E-state index in [0.29, 0.717) is 48.0 Å². The van der Waals surface area contributed by atoms with Crippen LogP contribution in [0, 0.1) is 5.41 Å². The van der Waals surface area contributed by atoms with Gasteiger partial charge in [0.05, 0.1) is 24.9 Å². The first kappa shape index (κ1) is 33.1. The van der Waals surface area contributed by atoms with E-state index in [0.717, 1.165) is 15.4 Å². The number of para-hydroxylation sites is 1. The molecule has 1 aliphatic rings. The number of carbonyl (C=O) groups is 3. The molecule has 47 heavy (non-hydrogen) atoms. The number of nitrogens with zero attached hydrogens (tertiary/aromatic N) is 3. The Labute approximate surface area is 272 Å². The van der Waals surface area contributed by atoms with Gasteiger partial charge in [-0.2, -0.15) is 0 Å². The number of fused-ring (bicyclic) bond motifs is 2. The molecule has 4 aromatic rings. The Kier molecular flexibility index (Phi) is 10.1. The highest BCUT2D eigenvalue weighted by molar-refractivity contribution is 7.93. The van der Waals surface area contributed by atoms with E-state index in [2.05, 4.69) is 15.0 Å². The van der Waals surface area contributed by atoms with Gasteiger partial charge < -0.3 is 14.4 Å². The molecule has 0 atom stereocenters. The maximum atomic E-state index is 14.1. The lowest BCUT2D eigenvalue weighted by molar-refractivity contribution is -0.141. The number of rotatable bonds is 10. The zero-order valence-electron chi connectivity index (χ0n) is 26.1. The molecular formula is C34H35N5O7S. The average molecular weight is 658 g/mol. The molecule has 2 N–H and O–H groups in total. The van der Waals surface area contributed by atoms with E-state index in [4.69, 9.17) is 10.1 Å². The fraction of sp³-hybridized carbons (Fsp3) is 0.265. The second-order valence-corrected chi connectivity index (χ2v) is 12.6. The number of ether oxygens (including phenoxy) is 2. The van der Waals surface area contributed by atoms with E-state index in [-0.39, 0.29) is 35.4 Å². The number of sulfonamides is 1. The summed E-state index contributed by atoms with van der Waals surface area (Å²) in [7, 11) is -3.04. The lowest BCUT2D eigenvalue weighted by Gasteiger charge is -2.31. The van der Waals surface area contributed by atoms with Crippen molar-refractivity contribution in [3.05, 3.63) is 95.7 Å². The van der Waals surface area contributed by atoms with E-state index >= 15 is 0 Å². The molecule has 2 amide bonds. The fourth-order valence-corrected chi connectivity index (χ4v) is 7.06. The number of nitrogens with one attached hydrogen (secondary N) is 2. The van der Waals surface area contributed by atoms with Crippen molar-refractivity contribution in [3.8, 4) is 0 Å². The molecule has 0 saturated carbocycles. The fourth-order valence-electron chi connectivity index (χ4n) is 5.49. The maximum Gasteiger partial charge on any atom is 0.412 e. The zero-order valence-corrected chi connectivity index (χ0v) is 26.9. The van der Waals surface area contributed by atoms with Gasteiger partial charge in [-0.3, -0.25) is 29.6 Å². The molecule has 0 aliphatic carbocycles. The van der Waals surface area contributed by atoms with Crippen LogP contribution in [0.15, 0.2) is 83.9 Å². The second-order valence-electron chi connectivity index (χ2n) is 10.8. The van der Waals surface area contributed by atoms with Crippen molar-refractivity contribution < 1.29 is 32.3 Å². The summed E-state index contributed by atoms with van der Waals surface area (Å²) in [5.41, 5.74) is 3.46. The quantitative estimate of drug-likeness (QED) is 0.142. The lowest BCUT2D eigenvalue weighted by atomic mass is 9.99. The van der Waals surface area contributed by atoms with Gasteiger partial charge in [-0.05, 0) is 67.6 Å². The van der Waals surface area contributed by atoms with Gasteiger partial charge in [0.15, 0.2) is 0 Å². The summed E-state index contributed by atoms with van der Waals surface area (Å²) < 4.78 is 39.0. The summed E-state index contributed by atoms with van der Waals surface area (Å²) in [6, 6.07) is 20.4. The summed E-state index contributed by atoms with van der Waals surface area (Å²) in [5.74, 6) is -0.865. The Morgan fingerprint density at radius 2 is 1.81 bits per heavy atom. The van der Waals surface area contributed by atoms with Crippen molar-refractivity contribution in [1.82, 2.24) is 10.3 Å². The minimum absolute atomic E-state index is 0.0287. The molecule has 3 aromatic carbocycles. The minimum Gasteiger partial charge on any atom is -0.465 e. The average Bonchev–Trinajstić information content (AvgIpc) is 3.08. The Balaban J connectivity index is 1.37. The van der Waals surface area contributed by atoms with Crippen LogP contribution in [0.25, 0.3) is 10.9 Å². The van der Waals surface area contributed by atoms with Crippen molar-refractivity contribution in [2.75, 3.05) is 36.0 Å². The lowest BCUT2D eigenvalue weighted by Crippen LogP contribution is -2.38. The van der Waals surface area contributed by atoms with Crippen LogP contribution < -0.4 is 14.5 Å². The summed E-state index contributed by atoms with van der Waals surface area (Å²) in [5, 5.41) is 10.9. The smallest absolute Gasteiger partial charge is 0.412 e. The molecule has 1 aliphatic heterocycles. The van der Waals surface area contributed by atoms with Crippen LogP contribution in [-0.2, 0) is 41.9 Å². The van der Waals surface area contributed by atoms with E-state index < -0.39 is 28.6 Å². The van der Waals surface area contributed by atoms with Gasteiger partial charge in [-0.25, -0.2) is 13.2 Å². The van der Waals surface area contributed by atoms with Crippen molar-refractivity contribution in [3.63, 3.8) is 0 Å². The Hall–Kier alpha value is -5.30. The number of amidine groups is 1. The molecule has 2 heterocycles. The Morgan fingerprint density at radius 1 is 1.04 bits per heavy atom. The van der Waals surface area contributed by atoms with Crippen LogP contribution in [0.2, 0.25) is 0 Å². The summed E-state index contributed by atoms with van der Waals surface area (Å²) in [6.45, 7) is 1.75. The van der Waals surface area contributed by atoms with Crippen molar-refractivity contribution in [2.45, 2.75) is 37.5 Å². The number of hydrogen-bond donors (Lipinski definition) is 2. The van der Waals surface area contributed by atoms with E-state index in [1.807, 2.05) is 0 Å². The maximum absolute atomic E-state index is 14.1. The first-order valence-corrected chi connectivity index (χ1v) is 16.5. The number of carbonyl (C=O) groups excluding carboxylic acids is 3. The van der Waals surface area contributed by atoms with Crippen LogP contribution in [0.3, 0.4) is 0 Å². The standard InChI is InChI=1S/C34H35N5O7S/c1-3-46-31(41)22-39(47(43,44)29-10-4-7-24-8-5-19-36-32(24)29)27-16-17-28-26(21-27)9-6-20-38(28)30(40)18-13-23-11-14-25(15-12-23)33(35)37-34(42)45-2/h4-5,7-8,10-12,14-17,19,21H,3,6,9,13,18,20,22H2,1-2H3,(H2,35,37,42). The number of aryl methyl sites for hydroxylation is 2. The highest BCUT2D eigenvalue weighted by Crippen LogP contribution is 2.34. The number of hydrogen-bond acceptors (Lipinski definition) is 9. The molecule has 0 saturated heterocycles. The number of benzene rings is 3. The van der Waals surface area contributed by atoms with Crippen LogP contribution in [0.5, 0.6) is 0 Å². The Bertz CT molecular complexity index is 1920. The van der Waals surface area contributed by atoms with Gasteiger partial charge >= 0.3 is 12.1 Å². The van der Waals surface area contributed by atoms with Crippen LogP contribution in [0.4, 0.5) is 16.2 Å². The summed E-state index contributed by atoms with van der Waals surface area (Å²) >= 11 is 0. The predicted molar refractivity (Wildman–Crippen MR) is 177 cm³/mol. The molecule has 0 spiro atoms. The third kappa shape index (κ3) is 7.41. The van der Waals surface area contributed by atoms with Gasteiger partial charge in [0.1, 0.15) is 17.3 Å². The summed E-state index contributed by atoms with van der Waals surface area (Å²) in [4.78, 5) is 43.5. The van der Waals surface area contributed by atoms with E-state index in [1.165, 1.54) is 19.4 Å². The van der Waals surface area contributed by atoms with Crippen molar-refractivity contribution in [1.29, 1.82) is 5.41 Å². The van der Waals surface area contributed by atoms with Gasteiger partial charge in [0.2, 0.25) is 5.91 Å². The van der Waals surface area contributed by atoms with Crippen molar-refractivity contribution in [2.24, 2.45) is 0 Å². The number of aromatic nitrogens is 1. The topological polar surface area (TPSA) is 159 Å². The monoisotopic (exact) mass is 657 g/mol. The SMILES string of the molecule is CCOC(=O)CN(c1ccc2c(c1)CCCN2C(=O)CCc1ccc(C(=N)NC(=O)OC)cc1)S(=O)(=O)c1cccc2cccnc12. The molecule has 5 rings (SSSR count). The van der Waals surface area contributed by atoms with Gasteiger partial charge in [0.25, 0.3) is 10.0 Å². The largest absolute Gasteiger partial charge is 0.465 e. The third-order valence-corrected chi connectivity index (χ3v) is 9.60.